The van der Waals surface area contributed by atoms with Crippen molar-refractivity contribution in [3.8, 4) is 17.9 Å². The van der Waals surface area contributed by atoms with Gasteiger partial charge in [0.15, 0.2) is 12.1 Å². The van der Waals surface area contributed by atoms with Crippen LogP contribution in [0.2, 0.25) is 0 Å². The minimum absolute atomic E-state index is 0.132. The summed E-state index contributed by atoms with van der Waals surface area (Å²) in [7, 11) is -8.19. The average molecular weight is 518 g/mol. The Balaban J connectivity index is 1.97. The largest absolute Gasteiger partial charge is 0.453 e. The Bertz CT molecular complexity index is 1310. The van der Waals surface area contributed by atoms with E-state index in [2.05, 4.69) is 0 Å². The molecule has 2 aromatic rings. The zero-order valence-electron chi connectivity index (χ0n) is 17.4. The minimum Gasteiger partial charge on any atom is -0.453 e. The predicted octanol–water partition coefficient (Wildman–Crippen LogP) is 3.22. The van der Waals surface area contributed by atoms with E-state index in [4.69, 9.17) is 10.00 Å². The number of hydrogen-bond acceptors (Lipinski definition) is 7. The van der Waals surface area contributed by atoms with E-state index in [1.807, 2.05) is 0 Å². The summed E-state index contributed by atoms with van der Waals surface area (Å²) in [5.74, 6) is -3.78. The van der Waals surface area contributed by atoms with E-state index < -0.39 is 70.0 Å². The number of sulfonamides is 1. The molecular formula is C20H17F4N3O5PS+. The van der Waals surface area contributed by atoms with Crippen LogP contribution in [-0.2, 0) is 16.2 Å². The lowest BCUT2D eigenvalue weighted by Crippen LogP contribution is -2.31. The molecule has 0 saturated carbocycles. The van der Waals surface area contributed by atoms with Crippen LogP contribution in [0.1, 0.15) is 23.6 Å². The van der Waals surface area contributed by atoms with E-state index in [9.17, 15) is 41.2 Å². The highest BCUT2D eigenvalue weighted by molar-refractivity contribution is 7.90. The number of aliphatic hydroxyl groups is 1. The number of rotatable bonds is 5. The monoisotopic (exact) mass is 518 g/mol. The second-order valence-electron chi connectivity index (χ2n) is 7.45. The highest BCUT2D eigenvalue weighted by Crippen LogP contribution is 2.67. The summed E-state index contributed by atoms with van der Waals surface area (Å²) in [5.41, 5.74) is -2.22. The van der Waals surface area contributed by atoms with Crippen LogP contribution in [0.5, 0.6) is 5.75 Å². The average Bonchev–Trinajstić information content (AvgIpc) is 3.11. The zero-order chi connectivity index (χ0) is 25.5. The van der Waals surface area contributed by atoms with Crippen LogP contribution < -0.4 is 4.74 Å². The van der Waals surface area contributed by atoms with E-state index in [0.717, 1.165) is 12.1 Å². The van der Waals surface area contributed by atoms with Crippen LogP contribution in [-0.4, -0.2) is 47.2 Å². The quantitative estimate of drug-likeness (QED) is 0.459. The topological polar surface area (TPSA) is 135 Å². The first kappa shape index (κ1) is 25.8. The number of hydrogen-bond donors (Lipinski definition) is 2. The molecule has 2 unspecified atom stereocenters. The van der Waals surface area contributed by atoms with Gasteiger partial charge in [-0.2, -0.15) is 28.0 Å². The Morgan fingerprint density at radius 3 is 2.35 bits per heavy atom. The van der Waals surface area contributed by atoms with Gasteiger partial charge in [-0.05, 0) is 37.3 Å². The van der Waals surface area contributed by atoms with Crippen molar-refractivity contribution in [1.82, 2.24) is 4.31 Å². The van der Waals surface area contributed by atoms with Crippen molar-refractivity contribution in [2.75, 3.05) is 12.8 Å². The Kier molecular flexibility index (Phi) is 6.91. The number of alkyl halides is 3. The number of benzene rings is 2. The Labute approximate surface area is 192 Å². The van der Waals surface area contributed by atoms with Gasteiger partial charge in [0.25, 0.3) is 0 Å². The maximum absolute atomic E-state index is 13.9. The van der Waals surface area contributed by atoms with Crippen molar-refractivity contribution < 1.29 is 40.7 Å². The molecule has 0 aromatic heterocycles. The van der Waals surface area contributed by atoms with Gasteiger partial charge >= 0.3 is 6.18 Å². The molecule has 0 bridgehead atoms. The molecular weight excluding hydrogens is 501 g/mol. The highest BCUT2D eigenvalue weighted by atomic mass is 32.2. The van der Waals surface area contributed by atoms with Crippen LogP contribution in [0.3, 0.4) is 0 Å². The fourth-order valence-electron chi connectivity index (χ4n) is 3.35. The van der Waals surface area contributed by atoms with Gasteiger partial charge in [0.1, 0.15) is 28.6 Å². The molecule has 1 heterocycles. The third kappa shape index (κ3) is 4.71. The molecule has 180 valence electrons. The van der Waals surface area contributed by atoms with Gasteiger partial charge in [-0.3, -0.25) is 0 Å². The normalized spacial score (nSPS) is 22.1. The highest BCUT2D eigenvalue weighted by Gasteiger charge is 2.61. The maximum atomic E-state index is 13.9. The first-order valence-corrected chi connectivity index (χ1v) is 13.0. The smallest absolute Gasteiger partial charge is 0.416 e. The summed E-state index contributed by atoms with van der Waals surface area (Å²) in [6, 6.07) is 7.87. The molecule has 3 rings (SSSR count). The van der Waals surface area contributed by atoms with Gasteiger partial charge in [-0.1, -0.05) is 0 Å². The fourth-order valence-corrected chi connectivity index (χ4v) is 8.16. The van der Waals surface area contributed by atoms with E-state index in [-0.39, 0.29) is 11.3 Å². The van der Waals surface area contributed by atoms with Crippen molar-refractivity contribution in [3.05, 3.63) is 58.9 Å². The lowest BCUT2D eigenvalue weighted by molar-refractivity contribution is -0.137. The van der Waals surface area contributed by atoms with Crippen molar-refractivity contribution in [3.63, 3.8) is 0 Å². The Hall–Kier alpha value is -2.80. The number of halogens is 4. The second kappa shape index (κ2) is 9.10. The molecule has 0 radical (unpaired) electrons. The van der Waals surface area contributed by atoms with E-state index in [0.29, 0.717) is 22.5 Å². The molecule has 1 aliphatic heterocycles. The van der Waals surface area contributed by atoms with Gasteiger partial charge in [0.2, 0.25) is 23.4 Å². The molecule has 1 fully saturated rings. The van der Waals surface area contributed by atoms with Crippen molar-refractivity contribution >= 4 is 17.5 Å². The molecule has 0 amide bonds. The SMILES string of the molecule is CC(O)[P+]1(O)CN(S(=O)(=O)c2ccc(C(F)(F)F)cc2C#N)C[C@@H]1Oc1ccc(C#N)c(F)c1. The summed E-state index contributed by atoms with van der Waals surface area (Å²) in [6.07, 6.45) is -5.41. The van der Waals surface area contributed by atoms with Crippen LogP contribution in [0.25, 0.3) is 0 Å². The second-order valence-corrected chi connectivity index (χ2v) is 12.7. The molecule has 1 saturated heterocycles. The van der Waals surface area contributed by atoms with Gasteiger partial charge in [0.05, 0.1) is 23.2 Å². The molecule has 0 spiro atoms. The molecule has 1 aliphatic rings. The zero-order valence-corrected chi connectivity index (χ0v) is 19.1. The minimum atomic E-state index is -4.80. The van der Waals surface area contributed by atoms with Gasteiger partial charge in [-0.15, -0.1) is 0 Å². The number of nitrogens with zero attached hydrogens (tertiary/aromatic N) is 3. The first-order chi connectivity index (χ1) is 15.7. The molecule has 3 atom stereocenters. The van der Waals surface area contributed by atoms with E-state index in [1.165, 1.54) is 19.1 Å². The lowest BCUT2D eigenvalue weighted by Gasteiger charge is -2.23. The van der Waals surface area contributed by atoms with Crippen LogP contribution >= 0.6 is 7.49 Å². The molecule has 0 aliphatic carbocycles. The summed E-state index contributed by atoms with van der Waals surface area (Å²) in [4.78, 5) is 10.4. The van der Waals surface area contributed by atoms with Crippen molar-refractivity contribution in [2.24, 2.45) is 0 Å². The van der Waals surface area contributed by atoms with Crippen LogP contribution in [0.15, 0.2) is 41.3 Å². The Morgan fingerprint density at radius 2 is 1.82 bits per heavy atom. The fraction of sp³-hybridized carbons (Fsp3) is 0.300. The third-order valence-corrected chi connectivity index (χ3v) is 10.7. The summed E-state index contributed by atoms with van der Waals surface area (Å²) >= 11 is 0. The number of aliphatic hydroxyl groups excluding tert-OH is 1. The first-order valence-electron chi connectivity index (χ1n) is 9.50. The third-order valence-electron chi connectivity index (χ3n) is 5.27. The van der Waals surface area contributed by atoms with Crippen LogP contribution in [0.4, 0.5) is 17.6 Å². The van der Waals surface area contributed by atoms with Gasteiger partial charge in [0, 0.05) is 6.07 Å². The van der Waals surface area contributed by atoms with Crippen LogP contribution in [0, 0.1) is 28.5 Å². The molecule has 2 aromatic carbocycles. The number of nitriles is 2. The van der Waals surface area contributed by atoms with Crippen molar-refractivity contribution in [2.45, 2.75) is 29.7 Å². The molecule has 14 heteroatoms. The summed E-state index contributed by atoms with van der Waals surface area (Å²) in [5, 5.41) is 28.3. The summed E-state index contributed by atoms with van der Waals surface area (Å²) in [6.45, 7) is 0.698. The van der Waals surface area contributed by atoms with E-state index >= 15 is 0 Å². The van der Waals surface area contributed by atoms with E-state index in [1.54, 1.807) is 6.07 Å². The molecule has 2 N–H and O–H groups in total. The lowest BCUT2D eigenvalue weighted by atomic mass is 10.1. The molecule has 8 nitrogen and oxygen atoms in total. The van der Waals surface area contributed by atoms with Gasteiger partial charge < -0.3 is 9.84 Å². The molecule has 34 heavy (non-hydrogen) atoms. The standard InChI is InChI=1S/C20H17F4N3O5PS/c1-12(28)33(29)11-27(10-19(33)32-16-4-2-13(8-25)17(21)7-16)34(30,31)18-5-3-15(20(22,23)24)6-14(18)9-26/h2-7,12,19,28-29H,10-11H2,1H3/q+1/t12?,19-,33?/m1/s1. The number of ether oxygens (including phenoxy) is 1. The summed E-state index contributed by atoms with van der Waals surface area (Å²) < 4.78 is 85.5. The predicted molar refractivity (Wildman–Crippen MR) is 111 cm³/mol. The Morgan fingerprint density at radius 1 is 1.18 bits per heavy atom. The maximum Gasteiger partial charge on any atom is 0.416 e. The van der Waals surface area contributed by atoms with Gasteiger partial charge in [-0.25, -0.2) is 17.7 Å². The van der Waals surface area contributed by atoms with Crippen molar-refractivity contribution in [1.29, 1.82) is 10.5 Å².